The summed E-state index contributed by atoms with van der Waals surface area (Å²) in [5.74, 6) is -0.279. The van der Waals surface area contributed by atoms with E-state index in [9.17, 15) is 4.79 Å². The fourth-order valence-corrected chi connectivity index (χ4v) is 1.59. The van der Waals surface area contributed by atoms with Crippen molar-refractivity contribution in [1.82, 2.24) is 0 Å². The van der Waals surface area contributed by atoms with E-state index < -0.39 is 5.97 Å². The highest BCUT2D eigenvalue weighted by Gasteiger charge is 2.18. The lowest BCUT2D eigenvalue weighted by Crippen LogP contribution is -2.12. The van der Waals surface area contributed by atoms with Crippen LogP contribution in [0.15, 0.2) is 41.7 Å². The average Bonchev–Trinajstić information content (AvgIpc) is 2.41. The van der Waals surface area contributed by atoms with Crippen LogP contribution in [0.2, 0.25) is 0 Å². The third kappa shape index (κ3) is 4.47. The molecular formula is C15H17NO3. The summed E-state index contributed by atoms with van der Waals surface area (Å²) in [5.41, 5.74) is 0.913. The Hall–Kier alpha value is -2.28. The van der Waals surface area contributed by atoms with E-state index in [1.165, 1.54) is 0 Å². The molecule has 0 radical (unpaired) electrons. The van der Waals surface area contributed by atoms with Gasteiger partial charge in [0.05, 0.1) is 13.2 Å². The minimum absolute atomic E-state index is 0.0625. The van der Waals surface area contributed by atoms with Crippen molar-refractivity contribution in [1.29, 1.82) is 5.26 Å². The molecule has 0 saturated carbocycles. The summed E-state index contributed by atoms with van der Waals surface area (Å²) in [6, 6.07) is 11.4. The van der Waals surface area contributed by atoms with E-state index in [1.54, 1.807) is 6.92 Å². The number of allylic oxidation sites excluding steroid dienone is 1. The number of nitriles is 1. The van der Waals surface area contributed by atoms with Crippen molar-refractivity contribution >= 4 is 5.97 Å². The lowest BCUT2D eigenvalue weighted by molar-refractivity contribution is -0.138. The first-order valence-electron chi connectivity index (χ1n) is 6.20. The molecule has 0 heterocycles. The van der Waals surface area contributed by atoms with Crippen LogP contribution < -0.4 is 0 Å². The molecule has 19 heavy (non-hydrogen) atoms. The zero-order chi connectivity index (χ0) is 14.1. The summed E-state index contributed by atoms with van der Waals surface area (Å²) in [6.07, 6.45) is 0.399. The predicted molar refractivity (Wildman–Crippen MR) is 71.0 cm³/mol. The Morgan fingerprint density at radius 2 is 1.79 bits per heavy atom. The number of carbonyl (C=O) groups excluding carboxylic acids is 1. The Labute approximate surface area is 113 Å². The maximum Gasteiger partial charge on any atom is 0.352 e. The maximum absolute atomic E-state index is 11.7. The summed E-state index contributed by atoms with van der Waals surface area (Å²) < 4.78 is 10.3. The molecule has 0 aromatic heterocycles. The van der Waals surface area contributed by atoms with Crippen molar-refractivity contribution in [3.63, 3.8) is 0 Å². The molecule has 0 N–H and O–H groups in total. The SMILES string of the molecule is CCOC(=O)C(C#N)=C(Cc1ccccc1)OCC. The lowest BCUT2D eigenvalue weighted by Gasteiger charge is -2.11. The molecule has 1 aromatic rings. The van der Waals surface area contributed by atoms with Gasteiger partial charge in [0.2, 0.25) is 0 Å². The van der Waals surface area contributed by atoms with E-state index in [4.69, 9.17) is 14.7 Å². The van der Waals surface area contributed by atoms with Gasteiger partial charge in [0.1, 0.15) is 11.8 Å². The number of hydrogen-bond donors (Lipinski definition) is 0. The molecule has 1 aromatic carbocycles. The zero-order valence-corrected chi connectivity index (χ0v) is 11.2. The molecule has 0 bridgehead atoms. The summed E-state index contributed by atoms with van der Waals surface area (Å²) in [4.78, 5) is 11.7. The first-order valence-corrected chi connectivity index (χ1v) is 6.20. The van der Waals surface area contributed by atoms with Crippen molar-refractivity contribution in [3.05, 3.63) is 47.2 Å². The Morgan fingerprint density at radius 3 is 2.32 bits per heavy atom. The second kappa shape index (κ2) is 7.93. The van der Waals surface area contributed by atoms with E-state index in [0.29, 0.717) is 18.8 Å². The van der Waals surface area contributed by atoms with Crippen molar-refractivity contribution in [2.45, 2.75) is 20.3 Å². The molecule has 0 fully saturated rings. The molecule has 0 spiro atoms. The molecule has 4 heteroatoms. The van der Waals surface area contributed by atoms with Crippen LogP contribution in [0.4, 0.5) is 0 Å². The highest BCUT2D eigenvalue weighted by atomic mass is 16.5. The highest BCUT2D eigenvalue weighted by molar-refractivity contribution is 5.93. The van der Waals surface area contributed by atoms with Gasteiger partial charge in [-0.2, -0.15) is 5.26 Å². The van der Waals surface area contributed by atoms with Crippen LogP contribution in [0.1, 0.15) is 19.4 Å². The van der Waals surface area contributed by atoms with Gasteiger partial charge in [-0.15, -0.1) is 0 Å². The standard InChI is InChI=1S/C15H17NO3/c1-3-18-14(10-12-8-6-5-7-9-12)13(11-16)15(17)19-4-2/h5-9H,3-4,10H2,1-2H3. The summed E-state index contributed by atoms with van der Waals surface area (Å²) >= 11 is 0. The molecule has 0 aliphatic carbocycles. The highest BCUT2D eigenvalue weighted by Crippen LogP contribution is 2.15. The number of hydrogen-bond acceptors (Lipinski definition) is 4. The second-order valence-corrected chi connectivity index (χ2v) is 3.73. The number of benzene rings is 1. The van der Waals surface area contributed by atoms with Crippen molar-refractivity contribution < 1.29 is 14.3 Å². The van der Waals surface area contributed by atoms with Crippen LogP contribution in [-0.4, -0.2) is 19.2 Å². The number of nitrogens with zero attached hydrogens (tertiary/aromatic N) is 1. The van der Waals surface area contributed by atoms with Gasteiger partial charge in [0, 0.05) is 6.42 Å². The van der Waals surface area contributed by atoms with Crippen LogP contribution in [0, 0.1) is 11.3 Å². The van der Waals surface area contributed by atoms with Crippen molar-refractivity contribution in [2.24, 2.45) is 0 Å². The average molecular weight is 259 g/mol. The van der Waals surface area contributed by atoms with E-state index in [1.807, 2.05) is 43.3 Å². The maximum atomic E-state index is 11.7. The Bertz CT molecular complexity index is 486. The fourth-order valence-electron chi connectivity index (χ4n) is 1.59. The number of carbonyl (C=O) groups is 1. The van der Waals surface area contributed by atoms with E-state index >= 15 is 0 Å². The van der Waals surface area contributed by atoms with Gasteiger partial charge >= 0.3 is 5.97 Å². The van der Waals surface area contributed by atoms with E-state index in [-0.39, 0.29) is 12.2 Å². The molecule has 0 atom stereocenters. The normalized spacial score (nSPS) is 11.2. The number of rotatable bonds is 6. The molecule has 0 amide bonds. The van der Waals surface area contributed by atoms with Crippen LogP contribution in [0.25, 0.3) is 0 Å². The lowest BCUT2D eigenvalue weighted by atomic mass is 10.1. The van der Waals surface area contributed by atoms with Crippen LogP contribution in [0.3, 0.4) is 0 Å². The first kappa shape index (κ1) is 14.8. The van der Waals surface area contributed by atoms with Gasteiger partial charge < -0.3 is 9.47 Å². The zero-order valence-electron chi connectivity index (χ0n) is 11.2. The van der Waals surface area contributed by atoms with Gasteiger partial charge in [0.15, 0.2) is 5.57 Å². The molecule has 100 valence electrons. The second-order valence-electron chi connectivity index (χ2n) is 3.73. The van der Waals surface area contributed by atoms with Crippen molar-refractivity contribution in [3.8, 4) is 6.07 Å². The van der Waals surface area contributed by atoms with Crippen LogP contribution >= 0.6 is 0 Å². The van der Waals surface area contributed by atoms with Crippen molar-refractivity contribution in [2.75, 3.05) is 13.2 Å². The monoisotopic (exact) mass is 259 g/mol. The minimum Gasteiger partial charge on any atom is -0.496 e. The molecule has 0 saturated heterocycles. The van der Waals surface area contributed by atoms with Gasteiger partial charge in [0.25, 0.3) is 0 Å². The number of ether oxygens (including phenoxy) is 2. The largest absolute Gasteiger partial charge is 0.496 e. The third-order valence-electron chi connectivity index (χ3n) is 2.40. The van der Waals surface area contributed by atoms with E-state index in [2.05, 4.69) is 0 Å². The third-order valence-corrected chi connectivity index (χ3v) is 2.40. The Balaban J connectivity index is 3.02. The van der Waals surface area contributed by atoms with Gasteiger partial charge in [-0.05, 0) is 19.4 Å². The fraction of sp³-hybridized carbons (Fsp3) is 0.333. The molecule has 0 aliphatic heterocycles. The van der Waals surface area contributed by atoms with Crippen LogP contribution in [-0.2, 0) is 20.7 Å². The smallest absolute Gasteiger partial charge is 0.352 e. The Kier molecular flexibility index (Phi) is 6.17. The van der Waals surface area contributed by atoms with Gasteiger partial charge in [-0.1, -0.05) is 30.3 Å². The molecule has 1 rings (SSSR count). The molecular weight excluding hydrogens is 242 g/mol. The predicted octanol–water partition coefficient (Wildman–Crippen LogP) is 2.61. The topological polar surface area (TPSA) is 59.3 Å². The molecule has 0 aliphatic rings. The summed E-state index contributed by atoms with van der Waals surface area (Å²) in [6.45, 7) is 4.14. The first-order chi connectivity index (χ1) is 9.22. The summed E-state index contributed by atoms with van der Waals surface area (Å²) in [7, 11) is 0. The van der Waals surface area contributed by atoms with Gasteiger partial charge in [-0.25, -0.2) is 4.79 Å². The van der Waals surface area contributed by atoms with Gasteiger partial charge in [-0.3, -0.25) is 0 Å². The minimum atomic E-state index is -0.635. The molecule has 0 unspecified atom stereocenters. The van der Waals surface area contributed by atoms with Crippen LogP contribution in [0.5, 0.6) is 0 Å². The quantitative estimate of drug-likeness (QED) is 0.341. The Morgan fingerprint density at radius 1 is 1.16 bits per heavy atom. The number of esters is 1. The molecule has 4 nitrogen and oxygen atoms in total. The summed E-state index contributed by atoms with van der Waals surface area (Å²) in [5, 5.41) is 9.11. The van der Waals surface area contributed by atoms with E-state index in [0.717, 1.165) is 5.56 Å².